The second-order valence-electron chi connectivity index (χ2n) is 5.46. The highest BCUT2D eigenvalue weighted by Gasteiger charge is 2.24. The van der Waals surface area contributed by atoms with Crippen molar-refractivity contribution in [1.82, 2.24) is 0 Å². The fourth-order valence-electron chi connectivity index (χ4n) is 2.35. The molecule has 2 N–H and O–H groups in total. The Morgan fingerprint density at radius 3 is 2.25 bits per heavy atom. The molecule has 1 aromatic carbocycles. The Bertz CT molecular complexity index is 322. The summed E-state index contributed by atoms with van der Waals surface area (Å²) in [5.74, 6) is 1.40. The van der Waals surface area contributed by atoms with Crippen LogP contribution >= 0.6 is 0 Å². The first-order valence-corrected chi connectivity index (χ1v) is 6.51. The van der Waals surface area contributed by atoms with Gasteiger partial charge in [0, 0.05) is 6.04 Å². The second-order valence-corrected chi connectivity index (χ2v) is 5.46. The van der Waals surface area contributed by atoms with Gasteiger partial charge >= 0.3 is 0 Å². The lowest BCUT2D eigenvalue weighted by molar-refractivity contribution is 0.260. The van der Waals surface area contributed by atoms with Gasteiger partial charge in [-0.1, -0.05) is 44.5 Å². The molecule has 0 saturated heterocycles. The number of rotatable bonds is 4. The maximum Gasteiger partial charge on any atom is 0.0108 e. The van der Waals surface area contributed by atoms with Gasteiger partial charge < -0.3 is 5.73 Å². The van der Waals surface area contributed by atoms with Gasteiger partial charge in [0.2, 0.25) is 0 Å². The lowest BCUT2D eigenvalue weighted by Crippen LogP contribution is -2.36. The topological polar surface area (TPSA) is 26.0 Å². The quantitative estimate of drug-likeness (QED) is 0.821. The summed E-state index contributed by atoms with van der Waals surface area (Å²) in [5.41, 5.74) is 9.02. The lowest BCUT2D eigenvalue weighted by atomic mass is 9.78. The second kappa shape index (κ2) is 5.01. The summed E-state index contributed by atoms with van der Waals surface area (Å²) in [7, 11) is 0. The molecule has 0 aliphatic heterocycles. The van der Waals surface area contributed by atoms with Crippen LogP contribution in [0.5, 0.6) is 0 Å². The summed E-state index contributed by atoms with van der Waals surface area (Å²) < 4.78 is 0. The van der Waals surface area contributed by atoms with Crippen LogP contribution in [0.15, 0.2) is 24.3 Å². The van der Waals surface area contributed by atoms with Crippen molar-refractivity contribution >= 4 is 0 Å². The van der Waals surface area contributed by atoms with Crippen molar-refractivity contribution in [2.45, 2.75) is 51.5 Å². The Kier molecular flexibility index (Phi) is 3.65. The Balaban J connectivity index is 1.93. The molecule has 88 valence electrons. The Morgan fingerprint density at radius 1 is 1.19 bits per heavy atom. The van der Waals surface area contributed by atoms with E-state index in [0.29, 0.717) is 12.0 Å². The normalized spacial score (nSPS) is 18.5. The van der Waals surface area contributed by atoms with E-state index in [1.165, 1.54) is 30.4 Å². The van der Waals surface area contributed by atoms with E-state index in [-0.39, 0.29) is 0 Å². The van der Waals surface area contributed by atoms with Crippen LogP contribution in [-0.2, 0) is 6.42 Å². The average Bonchev–Trinajstić information content (AvgIpc) is 2.15. The van der Waals surface area contributed by atoms with E-state index in [2.05, 4.69) is 38.1 Å². The third kappa shape index (κ3) is 2.65. The predicted octanol–water partition coefficient (Wildman–Crippen LogP) is 3.48. The molecule has 1 aliphatic rings. The minimum Gasteiger partial charge on any atom is -0.327 e. The number of nitrogens with two attached hydrogens (primary N) is 1. The lowest BCUT2D eigenvalue weighted by Gasteiger charge is -2.31. The molecular weight excluding hydrogens is 194 g/mol. The summed E-state index contributed by atoms with van der Waals surface area (Å²) >= 11 is 0. The first-order chi connectivity index (χ1) is 7.66. The van der Waals surface area contributed by atoms with Gasteiger partial charge in [0.05, 0.1) is 0 Å². The number of hydrogen-bond acceptors (Lipinski definition) is 1. The van der Waals surface area contributed by atoms with Gasteiger partial charge in [-0.2, -0.15) is 0 Å². The molecule has 1 nitrogen and oxygen atoms in total. The van der Waals surface area contributed by atoms with Crippen LogP contribution in [0.25, 0.3) is 0 Å². The monoisotopic (exact) mass is 217 g/mol. The van der Waals surface area contributed by atoms with Crippen molar-refractivity contribution in [2.24, 2.45) is 11.7 Å². The summed E-state index contributed by atoms with van der Waals surface area (Å²) in [6, 6.07) is 9.35. The zero-order valence-electron chi connectivity index (χ0n) is 10.4. The molecular formula is C15H23N. The van der Waals surface area contributed by atoms with E-state index >= 15 is 0 Å². The molecule has 0 spiro atoms. The Labute approximate surface area is 99.0 Å². The molecule has 1 unspecified atom stereocenters. The average molecular weight is 217 g/mol. The van der Waals surface area contributed by atoms with Crippen LogP contribution in [0.1, 0.15) is 50.2 Å². The molecule has 1 aliphatic carbocycles. The molecule has 2 rings (SSSR count). The predicted molar refractivity (Wildman–Crippen MR) is 69.6 cm³/mol. The first-order valence-electron chi connectivity index (χ1n) is 6.51. The highest BCUT2D eigenvalue weighted by Crippen LogP contribution is 2.30. The molecule has 1 atom stereocenters. The molecule has 1 saturated carbocycles. The van der Waals surface area contributed by atoms with Gasteiger partial charge in [-0.15, -0.1) is 0 Å². The van der Waals surface area contributed by atoms with E-state index in [1.807, 2.05) is 0 Å². The fourth-order valence-corrected chi connectivity index (χ4v) is 2.35. The van der Waals surface area contributed by atoms with Crippen molar-refractivity contribution in [3.8, 4) is 0 Å². The molecule has 1 aromatic rings. The zero-order chi connectivity index (χ0) is 11.5. The van der Waals surface area contributed by atoms with Crippen LogP contribution in [0.4, 0.5) is 0 Å². The highest BCUT2D eigenvalue weighted by atomic mass is 14.7. The molecule has 16 heavy (non-hydrogen) atoms. The fraction of sp³-hybridized carbons (Fsp3) is 0.600. The van der Waals surface area contributed by atoms with Gasteiger partial charge in [-0.25, -0.2) is 0 Å². The third-order valence-electron chi connectivity index (χ3n) is 3.87. The van der Waals surface area contributed by atoms with Gasteiger partial charge in [0.1, 0.15) is 0 Å². The first kappa shape index (κ1) is 11.7. The van der Waals surface area contributed by atoms with E-state index in [1.54, 1.807) is 0 Å². The maximum absolute atomic E-state index is 6.21. The Hall–Kier alpha value is -0.820. The minimum atomic E-state index is 0.374. The van der Waals surface area contributed by atoms with E-state index in [9.17, 15) is 0 Å². The zero-order valence-corrected chi connectivity index (χ0v) is 10.4. The van der Waals surface area contributed by atoms with Crippen molar-refractivity contribution in [2.75, 3.05) is 0 Å². The van der Waals surface area contributed by atoms with Gasteiger partial charge in [-0.3, -0.25) is 0 Å². The standard InChI is InChI=1S/C15H23N/c1-11(2)13-8-6-12(7-9-13)10-15(16)14-4-3-5-14/h6-9,11,14-15H,3-5,10,16H2,1-2H3. The minimum absolute atomic E-state index is 0.374. The molecule has 0 amide bonds. The van der Waals surface area contributed by atoms with Gasteiger partial charge in [0.25, 0.3) is 0 Å². The van der Waals surface area contributed by atoms with Crippen LogP contribution in [-0.4, -0.2) is 6.04 Å². The third-order valence-corrected chi connectivity index (χ3v) is 3.87. The van der Waals surface area contributed by atoms with Crippen molar-refractivity contribution in [1.29, 1.82) is 0 Å². The van der Waals surface area contributed by atoms with Crippen LogP contribution in [0, 0.1) is 5.92 Å². The summed E-state index contributed by atoms with van der Waals surface area (Å²) in [5, 5.41) is 0. The molecule has 0 bridgehead atoms. The van der Waals surface area contributed by atoms with E-state index in [0.717, 1.165) is 12.3 Å². The number of hydrogen-bond donors (Lipinski definition) is 1. The van der Waals surface area contributed by atoms with Gasteiger partial charge in [0.15, 0.2) is 0 Å². The van der Waals surface area contributed by atoms with E-state index < -0.39 is 0 Å². The van der Waals surface area contributed by atoms with Crippen LogP contribution < -0.4 is 5.73 Å². The maximum atomic E-state index is 6.21. The summed E-state index contributed by atoms with van der Waals surface area (Å²) in [4.78, 5) is 0. The molecule has 0 heterocycles. The van der Waals surface area contributed by atoms with Gasteiger partial charge in [-0.05, 0) is 42.2 Å². The van der Waals surface area contributed by atoms with Crippen molar-refractivity contribution in [3.63, 3.8) is 0 Å². The number of benzene rings is 1. The highest BCUT2D eigenvalue weighted by molar-refractivity contribution is 5.25. The summed E-state index contributed by atoms with van der Waals surface area (Å²) in [6.45, 7) is 4.46. The molecule has 0 aromatic heterocycles. The molecule has 1 fully saturated rings. The summed E-state index contributed by atoms with van der Waals surface area (Å²) in [6.07, 6.45) is 5.10. The smallest absolute Gasteiger partial charge is 0.0108 e. The van der Waals surface area contributed by atoms with Crippen LogP contribution in [0.3, 0.4) is 0 Å². The van der Waals surface area contributed by atoms with Crippen molar-refractivity contribution in [3.05, 3.63) is 35.4 Å². The van der Waals surface area contributed by atoms with E-state index in [4.69, 9.17) is 5.73 Å². The Morgan fingerprint density at radius 2 is 1.81 bits per heavy atom. The largest absolute Gasteiger partial charge is 0.327 e. The SMILES string of the molecule is CC(C)c1ccc(CC(N)C2CCC2)cc1. The van der Waals surface area contributed by atoms with Crippen LogP contribution in [0.2, 0.25) is 0 Å². The van der Waals surface area contributed by atoms with Crippen molar-refractivity contribution < 1.29 is 0 Å². The molecule has 0 radical (unpaired) electrons. The molecule has 1 heteroatoms.